The summed E-state index contributed by atoms with van der Waals surface area (Å²) in [6.07, 6.45) is 4.03. The van der Waals surface area contributed by atoms with Crippen LogP contribution in [0, 0.1) is 17.3 Å². The molecule has 1 aromatic carbocycles. The van der Waals surface area contributed by atoms with Crippen LogP contribution in [-0.2, 0) is 20.9 Å². The Labute approximate surface area is 224 Å². The number of amides is 1. The zero-order valence-electron chi connectivity index (χ0n) is 22.9. The van der Waals surface area contributed by atoms with Gasteiger partial charge in [0.15, 0.2) is 5.82 Å². The van der Waals surface area contributed by atoms with Gasteiger partial charge in [0.25, 0.3) is 0 Å². The number of hydrogen-bond acceptors (Lipinski definition) is 7. The molecule has 1 saturated carbocycles. The summed E-state index contributed by atoms with van der Waals surface area (Å²) in [6.45, 7) is 6.02. The average molecular weight is 526 g/mol. The molecule has 2 fully saturated rings. The second kappa shape index (κ2) is 11.7. The Balaban J connectivity index is 1.78. The van der Waals surface area contributed by atoms with Crippen molar-refractivity contribution in [2.75, 3.05) is 14.2 Å². The van der Waals surface area contributed by atoms with Crippen molar-refractivity contribution in [3.8, 4) is 11.8 Å². The molecule has 38 heavy (non-hydrogen) atoms. The van der Waals surface area contributed by atoms with Gasteiger partial charge in [-0.25, -0.2) is 4.79 Å². The maximum atomic E-state index is 14.1. The lowest BCUT2D eigenvalue weighted by molar-refractivity contribution is -0.154. The minimum atomic E-state index is -1.03. The van der Waals surface area contributed by atoms with Crippen LogP contribution in [-0.4, -0.2) is 58.2 Å². The van der Waals surface area contributed by atoms with Crippen molar-refractivity contribution in [3.63, 3.8) is 0 Å². The largest absolute Gasteiger partial charge is 0.481 e. The lowest BCUT2D eigenvalue weighted by Crippen LogP contribution is -2.49. The molecule has 0 bridgehead atoms. The molecule has 4 rings (SSSR count). The molecule has 1 saturated heterocycles. The fraction of sp³-hybridized carbons (Fsp3) is 0.586. The summed E-state index contributed by atoms with van der Waals surface area (Å²) in [4.78, 5) is 37.4. The Hall–Kier alpha value is -3.20. The molecule has 1 amide bonds. The van der Waals surface area contributed by atoms with Crippen molar-refractivity contribution in [1.82, 2.24) is 14.9 Å². The smallest absolute Gasteiger partial charge is 0.326 e. The molecule has 0 unspecified atom stereocenters. The van der Waals surface area contributed by atoms with Gasteiger partial charge in [-0.1, -0.05) is 70.4 Å². The molecular weight excluding hydrogens is 486 g/mol. The summed E-state index contributed by atoms with van der Waals surface area (Å²) in [5.41, 5.74) is 0.374. The van der Waals surface area contributed by atoms with Crippen molar-refractivity contribution in [2.24, 2.45) is 17.3 Å². The van der Waals surface area contributed by atoms with E-state index >= 15 is 0 Å². The van der Waals surface area contributed by atoms with Gasteiger partial charge in [0.2, 0.25) is 17.7 Å². The Morgan fingerprint density at radius 2 is 1.61 bits per heavy atom. The second-order valence-corrected chi connectivity index (χ2v) is 11.3. The van der Waals surface area contributed by atoms with Crippen molar-refractivity contribution >= 4 is 11.9 Å². The molecule has 1 N–H and O–H groups in total. The maximum Gasteiger partial charge on any atom is 0.326 e. The van der Waals surface area contributed by atoms with Gasteiger partial charge in [0.05, 0.1) is 32.4 Å². The summed E-state index contributed by atoms with van der Waals surface area (Å²) in [7, 11) is 3.02. The third-order valence-electron chi connectivity index (χ3n) is 7.76. The average Bonchev–Trinajstić information content (AvgIpc) is 3.28. The van der Waals surface area contributed by atoms with Gasteiger partial charge < -0.3 is 24.2 Å². The number of rotatable bonds is 8. The molecule has 4 atom stereocenters. The number of ether oxygens (including phenoxy) is 3. The van der Waals surface area contributed by atoms with E-state index < -0.39 is 35.5 Å². The molecule has 2 heterocycles. The van der Waals surface area contributed by atoms with E-state index in [4.69, 9.17) is 14.2 Å². The van der Waals surface area contributed by atoms with Gasteiger partial charge in [-0.2, -0.15) is 9.97 Å². The van der Waals surface area contributed by atoms with E-state index in [1.54, 1.807) is 11.0 Å². The molecule has 9 nitrogen and oxygen atoms in total. The number of carboxylic acids is 1. The lowest BCUT2D eigenvalue weighted by Gasteiger charge is -2.35. The van der Waals surface area contributed by atoms with Gasteiger partial charge in [-0.15, -0.1) is 0 Å². The van der Waals surface area contributed by atoms with Crippen LogP contribution in [0.3, 0.4) is 0 Å². The minimum absolute atomic E-state index is 0.00589. The first-order valence-corrected chi connectivity index (χ1v) is 13.3. The zero-order chi connectivity index (χ0) is 27.4. The third kappa shape index (κ3) is 5.77. The summed E-state index contributed by atoms with van der Waals surface area (Å²) in [5.74, 6) is -0.735. The number of carbonyl (C=O) groups excluding carboxylic acids is 1. The molecule has 1 aliphatic heterocycles. The van der Waals surface area contributed by atoms with Crippen LogP contribution in [0.4, 0.5) is 0 Å². The Morgan fingerprint density at radius 3 is 2.13 bits per heavy atom. The van der Waals surface area contributed by atoms with E-state index in [0.29, 0.717) is 17.6 Å². The van der Waals surface area contributed by atoms with Gasteiger partial charge in [-0.05, 0) is 23.8 Å². The third-order valence-corrected chi connectivity index (χ3v) is 7.76. The molecule has 0 spiro atoms. The quantitative estimate of drug-likeness (QED) is 0.530. The standard InChI is InChI=1S/C29H39N3O6/c1-29(2,3)23-25(28(34)35)32(27(33)19-14-10-7-11-15-19)24(18-12-8-6-9-13-18)26(23)38-17-20-30-21(36-4)16-22(31-20)37-5/h6,8-9,12-13,16,19,23-26H,7,10-11,14-15,17H2,1-5H3,(H,34,35)/t23-,24+,25+,26+/m0/s1. The fourth-order valence-electron chi connectivity index (χ4n) is 6.04. The normalized spacial score (nSPS) is 24.3. The first-order valence-electron chi connectivity index (χ1n) is 13.3. The molecule has 1 aliphatic carbocycles. The number of aromatic nitrogens is 2. The number of aliphatic carboxylic acids is 1. The highest BCUT2D eigenvalue weighted by Gasteiger charge is 2.59. The predicted octanol–water partition coefficient (Wildman–Crippen LogP) is 4.66. The van der Waals surface area contributed by atoms with Gasteiger partial charge in [0, 0.05) is 11.8 Å². The molecule has 2 aliphatic rings. The monoisotopic (exact) mass is 525 g/mol. The van der Waals surface area contributed by atoms with Gasteiger partial charge in [-0.3, -0.25) is 4.79 Å². The molecular formula is C29H39N3O6. The Bertz CT molecular complexity index is 1090. The van der Waals surface area contributed by atoms with E-state index in [2.05, 4.69) is 9.97 Å². The van der Waals surface area contributed by atoms with Crippen LogP contribution < -0.4 is 9.47 Å². The molecule has 1 aromatic heterocycles. The number of carboxylic acid groups (broad SMARTS) is 1. The van der Waals surface area contributed by atoms with E-state index in [-0.39, 0.29) is 18.4 Å². The fourth-order valence-corrected chi connectivity index (χ4v) is 6.04. The van der Waals surface area contributed by atoms with Crippen LogP contribution in [0.15, 0.2) is 36.4 Å². The Morgan fingerprint density at radius 1 is 1.00 bits per heavy atom. The van der Waals surface area contributed by atoms with Crippen molar-refractivity contribution < 1.29 is 28.9 Å². The SMILES string of the molecule is COc1cc(OC)nc(CO[C@@H]2[C@@H](C(C)(C)C)[C@H](C(=O)O)N(C(=O)C3CCCCC3)[C@@H]2c2ccccc2)n1. The van der Waals surface area contributed by atoms with Crippen LogP contribution in [0.1, 0.15) is 70.3 Å². The van der Waals surface area contributed by atoms with Crippen LogP contribution >= 0.6 is 0 Å². The number of methoxy groups -OCH3 is 2. The highest BCUT2D eigenvalue weighted by Crippen LogP contribution is 2.50. The van der Waals surface area contributed by atoms with E-state index in [0.717, 1.165) is 37.7 Å². The van der Waals surface area contributed by atoms with Crippen molar-refractivity contribution in [1.29, 1.82) is 0 Å². The number of likely N-dealkylation sites (tertiary alicyclic amines) is 1. The van der Waals surface area contributed by atoms with E-state index in [1.165, 1.54) is 14.2 Å². The first-order chi connectivity index (χ1) is 18.2. The molecule has 0 radical (unpaired) electrons. The van der Waals surface area contributed by atoms with E-state index in [1.807, 2.05) is 51.1 Å². The Kier molecular flexibility index (Phi) is 8.55. The lowest BCUT2D eigenvalue weighted by atomic mass is 9.73. The summed E-state index contributed by atoms with van der Waals surface area (Å²) in [6, 6.07) is 9.60. The summed E-state index contributed by atoms with van der Waals surface area (Å²) < 4.78 is 17.1. The van der Waals surface area contributed by atoms with Crippen molar-refractivity contribution in [3.05, 3.63) is 47.8 Å². The molecule has 9 heteroatoms. The zero-order valence-corrected chi connectivity index (χ0v) is 22.9. The second-order valence-electron chi connectivity index (χ2n) is 11.3. The summed E-state index contributed by atoms with van der Waals surface area (Å²) in [5, 5.41) is 10.6. The minimum Gasteiger partial charge on any atom is -0.481 e. The number of benzene rings is 1. The topological polar surface area (TPSA) is 111 Å². The van der Waals surface area contributed by atoms with Crippen LogP contribution in [0.2, 0.25) is 0 Å². The number of nitrogens with zero attached hydrogens (tertiary/aromatic N) is 3. The molecule has 206 valence electrons. The van der Waals surface area contributed by atoms with Gasteiger partial charge in [0.1, 0.15) is 12.6 Å². The predicted molar refractivity (Wildman–Crippen MR) is 141 cm³/mol. The molecule has 2 aromatic rings. The summed E-state index contributed by atoms with van der Waals surface area (Å²) >= 11 is 0. The highest BCUT2D eigenvalue weighted by atomic mass is 16.5. The van der Waals surface area contributed by atoms with E-state index in [9.17, 15) is 14.7 Å². The van der Waals surface area contributed by atoms with Crippen molar-refractivity contribution in [2.45, 2.75) is 77.7 Å². The number of carbonyl (C=O) groups is 2. The highest BCUT2D eigenvalue weighted by molar-refractivity contribution is 5.87. The van der Waals surface area contributed by atoms with Crippen LogP contribution in [0.25, 0.3) is 0 Å². The van der Waals surface area contributed by atoms with Gasteiger partial charge >= 0.3 is 5.97 Å². The van der Waals surface area contributed by atoms with Crippen LogP contribution in [0.5, 0.6) is 11.8 Å². The number of hydrogen-bond donors (Lipinski definition) is 1. The maximum absolute atomic E-state index is 14.1. The first kappa shape index (κ1) is 27.8.